The maximum Gasteiger partial charge on any atom is 0.259 e. The van der Waals surface area contributed by atoms with Crippen molar-refractivity contribution in [1.29, 1.82) is 0 Å². The summed E-state index contributed by atoms with van der Waals surface area (Å²) in [7, 11) is 0. The minimum absolute atomic E-state index is 0.111. The predicted octanol–water partition coefficient (Wildman–Crippen LogP) is 4.10. The minimum Gasteiger partial charge on any atom is -0.351 e. The van der Waals surface area contributed by atoms with Crippen molar-refractivity contribution in [3.05, 3.63) is 64.7 Å². The van der Waals surface area contributed by atoms with Crippen LogP contribution in [0.1, 0.15) is 47.6 Å². The zero-order valence-electron chi connectivity index (χ0n) is 13.7. The van der Waals surface area contributed by atoms with Crippen LogP contribution in [0.25, 0.3) is 0 Å². The Morgan fingerprint density at radius 1 is 1.04 bits per heavy atom. The molecule has 0 aromatic heterocycles. The molecule has 2 aromatic carbocycles. The highest BCUT2D eigenvalue weighted by molar-refractivity contribution is 6.30. The number of fused-ring (bicyclic) bond motifs is 1. The van der Waals surface area contributed by atoms with E-state index in [2.05, 4.69) is 5.32 Å². The van der Waals surface area contributed by atoms with Crippen molar-refractivity contribution >= 4 is 29.1 Å². The third-order valence-electron chi connectivity index (χ3n) is 5.02. The zero-order chi connectivity index (χ0) is 17.4. The first kappa shape index (κ1) is 16.2. The second-order valence-electron chi connectivity index (χ2n) is 6.63. The molecule has 2 aliphatic rings. The molecule has 2 amide bonds. The van der Waals surface area contributed by atoms with Gasteiger partial charge in [-0.25, -0.2) is 0 Å². The number of carbonyl (C=O) groups excluding carboxylic acids is 2. The van der Waals surface area contributed by atoms with E-state index in [1.165, 1.54) is 0 Å². The molecule has 5 heteroatoms. The van der Waals surface area contributed by atoms with Crippen molar-refractivity contribution in [3.8, 4) is 0 Å². The lowest BCUT2D eigenvalue weighted by Gasteiger charge is -2.26. The Hall–Kier alpha value is -2.33. The lowest BCUT2D eigenvalue weighted by molar-refractivity contribution is -0.123. The molecule has 25 heavy (non-hydrogen) atoms. The molecule has 0 bridgehead atoms. The third kappa shape index (κ3) is 2.91. The van der Waals surface area contributed by atoms with Gasteiger partial charge < -0.3 is 5.32 Å². The maximum absolute atomic E-state index is 13.0. The molecule has 2 aromatic rings. The van der Waals surface area contributed by atoms with Crippen LogP contribution in [-0.2, 0) is 4.79 Å². The maximum atomic E-state index is 13.0. The molecule has 1 saturated carbocycles. The number of amides is 2. The highest BCUT2D eigenvalue weighted by atomic mass is 35.5. The summed E-state index contributed by atoms with van der Waals surface area (Å²) in [5.74, 6) is -0.260. The molecular formula is C20H19ClN2O2. The van der Waals surface area contributed by atoms with Crippen LogP contribution in [0.3, 0.4) is 0 Å². The van der Waals surface area contributed by atoms with Gasteiger partial charge in [-0.15, -0.1) is 0 Å². The molecule has 4 nitrogen and oxygen atoms in total. The molecule has 0 spiro atoms. The first-order valence-electron chi connectivity index (χ1n) is 8.63. The van der Waals surface area contributed by atoms with Gasteiger partial charge in [0.25, 0.3) is 5.91 Å². The van der Waals surface area contributed by atoms with Crippen LogP contribution in [0.2, 0.25) is 5.02 Å². The molecule has 0 radical (unpaired) electrons. The van der Waals surface area contributed by atoms with E-state index in [1.807, 2.05) is 18.2 Å². The van der Waals surface area contributed by atoms with Gasteiger partial charge in [0, 0.05) is 22.3 Å². The quantitative estimate of drug-likeness (QED) is 0.902. The van der Waals surface area contributed by atoms with E-state index in [9.17, 15) is 9.59 Å². The number of carbonyl (C=O) groups is 2. The SMILES string of the molecule is O=C(NC1CCCC1)C1c2ccccc2C(=O)N1c1ccc(Cl)cc1. The smallest absolute Gasteiger partial charge is 0.259 e. The molecule has 4 rings (SSSR count). The fourth-order valence-electron chi connectivity index (χ4n) is 3.79. The number of halogens is 1. The van der Waals surface area contributed by atoms with Gasteiger partial charge in [-0.3, -0.25) is 14.5 Å². The van der Waals surface area contributed by atoms with E-state index >= 15 is 0 Å². The van der Waals surface area contributed by atoms with Crippen LogP contribution < -0.4 is 10.2 Å². The van der Waals surface area contributed by atoms with Gasteiger partial charge in [-0.1, -0.05) is 42.6 Å². The van der Waals surface area contributed by atoms with E-state index in [0.29, 0.717) is 16.3 Å². The van der Waals surface area contributed by atoms with Crippen molar-refractivity contribution in [2.24, 2.45) is 0 Å². The summed E-state index contributed by atoms with van der Waals surface area (Å²) in [5.41, 5.74) is 2.03. The number of nitrogens with zero attached hydrogens (tertiary/aromatic N) is 1. The van der Waals surface area contributed by atoms with E-state index in [1.54, 1.807) is 35.2 Å². The Bertz CT molecular complexity index is 813. The molecule has 0 saturated heterocycles. The van der Waals surface area contributed by atoms with Crippen LogP contribution >= 0.6 is 11.6 Å². The highest BCUT2D eigenvalue weighted by Gasteiger charge is 2.42. The number of nitrogens with one attached hydrogen (secondary N) is 1. The standard InChI is InChI=1S/C20H19ClN2O2/c21-13-9-11-15(12-10-13)23-18(19(24)22-14-5-1-2-6-14)16-7-3-4-8-17(16)20(23)25/h3-4,7-12,14,18H,1-2,5-6H2,(H,22,24). The summed E-state index contributed by atoms with van der Waals surface area (Å²) in [6, 6.07) is 13.9. The first-order chi connectivity index (χ1) is 12.1. The number of benzene rings is 2. The molecule has 1 atom stereocenters. The lowest BCUT2D eigenvalue weighted by atomic mass is 10.0. The van der Waals surface area contributed by atoms with E-state index < -0.39 is 6.04 Å². The van der Waals surface area contributed by atoms with Gasteiger partial charge in [0.15, 0.2) is 0 Å². The monoisotopic (exact) mass is 354 g/mol. The van der Waals surface area contributed by atoms with Crippen molar-refractivity contribution in [2.75, 3.05) is 4.90 Å². The van der Waals surface area contributed by atoms with Gasteiger partial charge in [-0.2, -0.15) is 0 Å². The average molecular weight is 355 g/mol. The molecule has 1 unspecified atom stereocenters. The second kappa shape index (κ2) is 6.52. The summed E-state index contributed by atoms with van der Waals surface area (Å²) in [4.78, 5) is 27.6. The summed E-state index contributed by atoms with van der Waals surface area (Å²) in [6.45, 7) is 0. The minimum atomic E-state index is -0.634. The number of rotatable bonds is 3. The summed E-state index contributed by atoms with van der Waals surface area (Å²) in [5, 5.41) is 3.73. The zero-order valence-corrected chi connectivity index (χ0v) is 14.5. The largest absolute Gasteiger partial charge is 0.351 e. The normalized spacial score (nSPS) is 20.0. The Morgan fingerprint density at radius 3 is 2.44 bits per heavy atom. The fourth-order valence-corrected chi connectivity index (χ4v) is 3.92. The third-order valence-corrected chi connectivity index (χ3v) is 5.27. The Morgan fingerprint density at radius 2 is 1.72 bits per heavy atom. The Kier molecular flexibility index (Phi) is 4.22. The van der Waals surface area contributed by atoms with Gasteiger partial charge in [0.1, 0.15) is 6.04 Å². The molecule has 1 aliphatic carbocycles. The van der Waals surface area contributed by atoms with Crippen LogP contribution in [0.15, 0.2) is 48.5 Å². The summed E-state index contributed by atoms with van der Waals surface area (Å²) in [6.07, 6.45) is 4.31. The lowest BCUT2D eigenvalue weighted by Crippen LogP contribution is -2.42. The van der Waals surface area contributed by atoms with Gasteiger partial charge in [0.05, 0.1) is 0 Å². The average Bonchev–Trinajstić information content (AvgIpc) is 3.22. The highest BCUT2D eigenvalue weighted by Crippen LogP contribution is 2.38. The van der Waals surface area contributed by atoms with Crippen molar-refractivity contribution in [2.45, 2.75) is 37.8 Å². The number of hydrogen-bond acceptors (Lipinski definition) is 2. The van der Waals surface area contributed by atoms with Crippen molar-refractivity contribution in [1.82, 2.24) is 5.32 Å². The van der Waals surface area contributed by atoms with Crippen LogP contribution in [0.5, 0.6) is 0 Å². The predicted molar refractivity (Wildman–Crippen MR) is 97.8 cm³/mol. The summed E-state index contributed by atoms with van der Waals surface area (Å²) >= 11 is 5.97. The number of anilines is 1. The van der Waals surface area contributed by atoms with Crippen molar-refractivity contribution in [3.63, 3.8) is 0 Å². The fraction of sp³-hybridized carbons (Fsp3) is 0.300. The van der Waals surface area contributed by atoms with E-state index in [-0.39, 0.29) is 17.9 Å². The van der Waals surface area contributed by atoms with Crippen LogP contribution in [0.4, 0.5) is 5.69 Å². The van der Waals surface area contributed by atoms with Gasteiger partial charge in [-0.05, 0) is 48.7 Å². The van der Waals surface area contributed by atoms with Crippen molar-refractivity contribution < 1.29 is 9.59 Å². The Labute approximate surface area is 151 Å². The second-order valence-corrected chi connectivity index (χ2v) is 7.07. The van der Waals surface area contributed by atoms with Crippen LogP contribution in [-0.4, -0.2) is 17.9 Å². The van der Waals surface area contributed by atoms with Gasteiger partial charge >= 0.3 is 0 Å². The van der Waals surface area contributed by atoms with E-state index in [4.69, 9.17) is 11.6 Å². The molecule has 1 heterocycles. The molecule has 1 N–H and O–H groups in total. The molecule has 1 fully saturated rings. The topological polar surface area (TPSA) is 49.4 Å². The molecule has 128 valence electrons. The van der Waals surface area contributed by atoms with Gasteiger partial charge in [0.2, 0.25) is 5.91 Å². The first-order valence-corrected chi connectivity index (χ1v) is 9.01. The summed E-state index contributed by atoms with van der Waals surface area (Å²) < 4.78 is 0. The van der Waals surface area contributed by atoms with Crippen LogP contribution in [0, 0.1) is 0 Å². The molecular weight excluding hydrogens is 336 g/mol. The van der Waals surface area contributed by atoms with E-state index in [0.717, 1.165) is 31.2 Å². The molecule has 1 aliphatic heterocycles. The number of hydrogen-bond donors (Lipinski definition) is 1. The Balaban J connectivity index is 1.71.